The molecule has 1 saturated carbocycles. The van der Waals surface area contributed by atoms with Gasteiger partial charge in [0.05, 0.1) is 11.2 Å². The highest BCUT2D eigenvalue weighted by Crippen LogP contribution is 2.71. The monoisotopic (exact) mass is 979 g/mol. The number of carbonyl (C=O) groups is 3. The molecule has 0 aromatic heterocycles. The Morgan fingerprint density at radius 1 is 0.879 bits per heavy atom. The van der Waals surface area contributed by atoms with Gasteiger partial charge in [-0.15, -0.1) is 0 Å². The third-order valence-electron chi connectivity index (χ3n) is 12.9. The van der Waals surface area contributed by atoms with Crippen LogP contribution in [0.1, 0.15) is 142 Å². The zero-order valence-electron chi connectivity index (χ0n) is 39.4. The number of ketones is 2. The van der Waals surface area contributed by atoms with E-state index in [0.29, 0.717) is 37.1 Å². The Kier molecular flexibility index (Phi) is 14.8. The van der Waals surface area contributed by atoms with Crippen molar-refractivity contribution in [3.05, 3.63) is 69.4 Å². The number of nitrogens with zero attached hydrogens (tertiary/aromatic N) is 1. The van der Waals surface area contributed by atoms with Gasteiger partial charge in [-0.25, -0.2) is 13.7 Å². The maximum Gasteiger partial charge on any atom is 0.536 e. The number of carbonyl (C=O) groups excluding carboxylic acids is 3. The number of hydrogen-bond acceptors (Lipinski definition) is 12. The van der Waals surface area contributed by atoms with Gasteiger partial charge in [-0.1, -0.05) is 62.1 Å². The normalized spacial score (nSPS) is 27.5. The molecule has 20 heteroatoms. The topological polar surface area (TPSA) is 242 Å². The molecule has 7 rings (SSSR count). The number of phosphoric ester groups is 1. The molecule has 1 spiro atoms. The van der Waals surface area contributed by atoms with E-state index >= 15 is 9.59 Å². The molecule has 1 amide bonds. The van der Waals surface area contributed by atoms with Gasteiger partial charge in [0.2, 0.25) is 5.91 Å². The molecular formula is C46H64NO16P3. The van der Waals surface area contributed by atoms with Crippen molar-refractivity contribution in [1.82, 2.24) is 4.90 Å². The van der Waals surface area contributed by atoms with Gasteiger partial charge >= 0.3 is 23.5 Å². The van der Waals surface area contributed by atoms with Gasteiger partial charge in [-0.3, -0.25) is 19.3 Å². The fraction of sp³-hybridized carbons (Fsp3) is 0.587. The van der Waals surface area contributed by atoms with Crippen LogP contribution in [0.4, 0.5) is 0 Å². The van der Waals surface area contributed by atoms with Crippen molar-refractivity contribution in [2.24, 2.45) is 11.8 Å². The van der Waals surface area contributed by atoms with E-state index in [-0.39, 0.29) is 53.6 Å². The minimum absolute atomic E-state index is 0.0166. The molecule has 7 atom stereocenters. The van der Waals surface area contributed by atoms with Crippen LogP contribution in [-0.2, 0) is 43.1 Å². The summed E-state index contributed by atoms with van der Waals surface area (Å²) in [5.74, 6) is -3.51. The molecule has 17 nitrogen and oxygen atoms in total. The molecule has 1 saturated heterocycles. The van der Waals surface area contributed by atoms with Crippen molar-refractivity contribution in [3.63, 3.8) is 0 Å². The van der Waals surface area contributed by atoms with Gasteiger partial charge in [-0.2, -0.15) is 8.62 Å². The summed E-state index contributed by atoms with van der Waals surface area (Å²) in [5, 5.41) is 0. The summed E-state index contributed by atoms with van der Waals surface area (Å²) >= 11 is 0. The van der Waals surface area contributed by atoms with Crippen molar-refractivity contribution >= 4 is 47.0 Å². The van der Waals surface area contributed by atoms with Gasteiger partial charge in [0.25, 0.3) is 0 Å². The van der Waals surface area contributed by atoms with Gasteiger partial charge in [0.1, 0.15) is 22.7 Å². The summed E-state index contributed by atoms with van der Waals surface area (Å²) in [6, 6.07) is 0. The van der Waals surface area contributed by atoms with Crippen LogP contribution in [-0.4, -0.2) is 77.4 Å². The first kappa shape index (κ1) is 51.9. The van der Waals surface area contributed by atoms with E-state index < -0.39 is 74.8 Å². The van der Waals surface area contributed by atoms with Crippen LogP contribution >= 0.6 is 23.5 Å². The largest absolute Gasteiger partial charge is 0.536 e. The molecule has 4 bridgehead atoms. The molecule has 1 aromatic carbocycles. The van der Waals surface area contributed by atoms with Crippen LogP contribution in [0.2, 0.25) is 0 Å². The highest BCUT2D eigenvalue weighted by Gasteiger charge is 2.81. The van der Waals surface area contributed by atoms with Crippen molar-refractivity contribution < 1.29 is 75.0 Å². The summed E-state index contributed by atoms with van der Waals surface area (Å²) < 4.78 is 72.7. The molecule has 3 aliphatic heterocycles. The van der Waals surface area contributed by atoms with Crippen molar-refractivity contribution in [2.75, 3.05) is 13.1 Å². The van der Waals surface area contributed by atoms with Crippen molar-refractivity contribution in [3.8, 4) is 17.2 Å². The molecule has 4 N–H and O–H groups in total. The Bertz CT molecular complexity index is 2470. The number of fused-ring (bicyclic) bond motifs is 2. The Labute approximate surface area is 386 Å². The SMILES string of the molecule is CCCCN(CCCC)C(=O)C(C)=CCC12OC(C)(C)C3CC(C=C4C(=O)c5c(OP(=O)(O)OP(=O)(O)OP(=O)(O)O)c6c(c(CC=C(C)C)c5OC431)OC(C)(CCC=C(C)C)C=C6)C2=O. The molecular weight excluding hydrogens is 915 g/mol. The summed E-state index contributed by atoms with van der Waals surface area (Å²) in [7, 11) is -17.7. The summed E-state index contributed by atoms with van der Waals surface area (Å²) in [6.07, 6.45) is 15.0. The van der Waals surface area contributed by atoms with E-state index in [1.165, 1.54) is 12.2 Å². The lowest BCUT2D eigenvalue weighted by Crippen LogP contribution is -2.72. The fourth-order valence-electron chi connectivity index (χ4n) is 9.92. The number of phosphoric acid groups is 3. The highest BCUT2D eigenvalue weighted by atomic mass is 31.3. The Morgan fingerprint density at radius 2 is 1.52 bits per heavy atom. The van der Waals surface area contributed by atoms with Crippen LogP contribution < -0.4 is 14.0 Å². The van der Waals surface area contributed by atoms with Crippen LogP contribution in [0.3, 0.4) is 0 Å². The molecule has 364 valence electrons. The van der Waals surface area contributed by atoms with Gasteiger partial charge < -0.3 is 38.3 Å². The number of rotatable bonds is 20. The minimum Gasteiger partial charge on any atom is -0.482 e. The number of ether oxygens (including phenoxy) is 3. The minimum atomic E-state index is -6.01. The van der Waals surface area contributed by atoms with Crippen molar-refractivity contribution in [1.29, 1.82) is 0 Å². The Hall–Kier alpha value is -3.46. The third kappa shape index (κ3) is 9.99. The summed E-state index contributed by atoms with van der Waals surface area (Å²) in [6.45, 7) is 20.1. The van der Waals surface area contributed by atoms with Gasteiger partial charge in [-0.05, 0) is 106 Å². The standard InChI is InChI=1S/C46H64NO16P3/c1-11-13-24-47(25-14-12-2)42(50)30(7)19-23-45-41(49)31-26-34-37(48)36-39(59-46(34,45)35(27-31)43(8,9)61-45)32(18-17-29(5)6)38-33(20-22-44(10,58-38)21-15-16-28(3)4)40(36)60-65(54,55)63-66(56,57)62-64(51,52)53/h16-17,19-20,22,26,31,35H,11-15,18,21,23-25,27H2,1-10H3,(H,54,55)(H,56,57)(H2,51,52,53). The molecule has 1 aromatic rings. The van der Waals surface area contributed by atoms with Crippen molar-refractivity contribution in [2.45, 2.75) is 149 Å². The van der Waals surface area contributed by atoms with E-state index in [4.69, 9.17) is 18.7 Å². The van der Waals surface area contributed by atoms with E-state index in [9.17, 15) is 38.1 Å². The second kappa shape index (κ2) is 18.8. The number of allylic oxidation sites excluding steroid dienone is 5. The quantitative estimate of drug-likeness (QED) is 0.0540. The van der Waals surface area contributed by atoms with E-state index in [0.717, 1.165) is 36.8 Å². The first-order valence-corrected chi connectivity index (χ1v) is 27.0. The molecule has 0 radical (unpaired) electrons. The number of Topliss-reactive ketones (excluding diaryl/α,β-unsaturated/α-hetero) is 2. The molecule has 66 heavy (non-hydrogen) atoms. The second-order valence-corrected chi connectivity index (χ2v) is 23.5. The maximum atomic E-state index is 15.6. The lowest BCUT2D eigenvalue weighted by atomic mass is 9.51. The first-order chi connectivity index (χ1) is 30.6. The zero-order chi connectivity index (χ0) is 49.0. The molecule has 3 heterocycles. The van der Waals surface area contributed by atoms with Crippen LogP contribution in [0.15, 0.2) is 52.7 Å². The highest BCUT2D eigenvalue weighted by molar-refractivity contribution is 7.66. The van der Waals surface area contributed by atoms with E-state index in [2.05, 4.69) is 22.5 Å². The number of unbranched alkanes of at least 4 members (excludes halogenated alkanes) is 2. The lowest BCUT2D eigenvalue weighted by molar-refractivity contribution is -0.171. The molecule has 7 unspecified atom stereocenters. The first-order valence-electron chi connectivity index (χ1n) is 22.4. The molecule has 3 aliphatic carbocycles. The molecule has 6 aliphatic rings. The van der Waals surface area contributed by atoms with Gasteiger partial charge in [0, 0.05) is 48.1 Å². The maximum absolute atomic E-state index is 15.6. The van der Waals surface area contributed by atoms with Crippen LogP contribution in [0.5, 0.6) is 17.2 Å². The average molecular weight is 980 g/mol. The smallest absolute Gasteiger partial charge is 0.482 e. The summed E-state index contributed by atoms with van der Waals surface area (Å²) in [5.41, 5.74) is -3.50. The second-order valence-electron chi connectivity index (χ2n) is 19.1. The number of hydrogen-bond donors (Lipinski definition) is 4. The number of amides is 1. The Balaban J connectivity index is 1.60. The summed E-state index contributed by atoms with van der Waals surface area (Å²) in [4.78, 5) is 86.2. The van der Waals surface area contributed by atoms with E-state index in [1.807, 2.05) is 65.5 Å². The van der Waals surface area contributed by atoms with E-state index in [1.54, 1.807) is 19.1 Å². The number of benzene rings is 1. The Morgan fingerprint density at radius 3 is 2.11 bits per heavy atom. The fourth-order valence-corrected chi connectivity index (χ4v) is 13.0. The average Bonchev–Trinajstić information content (AvgIpc) is 3.34. The zero-order valence-corrected chi connectivity index (χ0v) is 42.1. The lowest BCUT2D eigenvalue weighted by Gasteiger charge is -2.56. The van der Waals surface area contributed by atoms with Gasteiger partial charge in [0.15, 0.2) is 28.5 Å². The van der Waals surface area contributed by atoms with Crippen LogP contribution in [0.25, 0.3) is 6.08 Å². The third-order valence-corrected chi connectivity index (χ3v) is 16.7. The van der Waals surface area contributed by atoms with Crippen LogP contribution in [0, 0.1) is 11.8 Å². The predicted molar refractivity (Wildman–Crippen MR) is 246 cm³/mol. The predicted octanol–water partition coefficient (Wildman–Crippen LogP) is 9.58. The molecule has 2 fully saturated rings.